The van der Waals surface area contributed by atoms with Crippen molar-refractivity contribution in [3.63, 3.8) is 0 Å². The van der Waals surface area contributed by atoms with Crippen LogP contribution in [0.2, 0.25) is 0 Å². The van der Waals surface area contributed by atoms with E-state index in [1.807, 2.05) is 0 Å². The van der Waals surface area contributed by atoms with E-state index in [0.29, 0.717) is 18.2 Å². The van der Waals surface area contributed by atoms with Crippen molar-refractivity contribution in [1.29, 1.82) is 0 Å². The predicted octanol–water partition coefficient (Wildman–Crippen LogP) is 2.75. The van der Waals surface area contributed by atoms with E-state index >= 15 is 0 Å². The second-order valence-electron chi connectivity index (χ2n) is 6.07. The zero-order valence-electron chi connectivity index (χ0n) is 13.2. The lowest BCUT2D eigenvalue weighted by Crippen LogP contribution is -2.49. The van der Waals surface area contributed by atoms with Crippen molar-refractivity contribution in [2.45, 2.75) is 45.9 Å². The summed E-state index contributed by atoms with van der Waals surface area (Å²) in [6, 6.07) is 9.55. The van der Waals surface area contributed by atoms with Crippen LogP contribution < -0.4 is 5.32 Å². The Kier molecular flexibility index (Phi) is 5.58. The van der Waals surface area contributed by atoms with E-state index in [-0.39, 0.29) is 0 Å². The topological polar surface area (TPSA) is 24.5 Å². The summed E-state index contributed by atoms with van der Waals surface area (Å²) in [6.07, 6.45) is 0.303. The molecule has 3 nitrogen and oxygen atoms in total. The van der Waals surface area contributed by atoms with Crippen LogP contribution in [0.1, 0.15) is 37.9 Å². The number of hydrogen-bond donors (Lipinski definition) is 1. The second kappa shape index (κ2) is 7.21. The summed E-state index contributed by atoms with van der Waals surface area (Å²) < 4.78 is 5.87. The van der Waals surface area contributed by atoms with Crippen LogP contribution >= 0.6 is 0 Å². The first kappa shape index (κ1) is 15.5. The molecule has 1 N–H and O–H groups in total. The van der Waals surface area contributed by atoms with Gasteiger partial charge in [-0.2, -0.15) is 0 Å². The molecular formula is C17H28N2O. The minimum Gasteiger partial charge on any atom is -0.374 e. The molecule has 1 saturated heterocycles. The van der Waals surface area contributed by atoms with Gasteiger partial charge in [-0.25, -0.2) is 0 Å². The minimum atomic E-state index is 0.303. The highest BCUT2D eigenvalue weighted by atomic mass is 16.5. The molecule has 1 heterocycles. The van der Waals surface area contributed by atoms with Gasteiger partial charge >= 0.3 is 0 Å². The Balaban J connectivity index is 1.84. The molecule has 0 radical (unpaired) electrons. The number of morpholine rings is 1. The lowest BCUT2D eigenvalue weighted by atomic mass is 10.0. The Labute approximate surface area is 123 Å². The molecule has 1 aliphatic rings. The Hall–Kier alpha value is -0.900. The number of nitrogens with zero attached hydrogens (tertiary/aromatic N) is 1. The van der Waals surface area contributed by atoms with Gasteiger partial charge in [0.2, 0.25) is 0 Å². The quantitative estimate of drug-likeness (QED) is 0.895. The molecular weight excluding hydrogens is 248 g/mol. The van der Waals surface area contributed by atoms with Gasteiger partial charge in [0.25, 0.3) is 0 Å². The lowest BCUT2D eigenvalue weighted by Gasteiger charge is -2.36. The third-order valence-corrected chi connectivity index (χ3v) is 4.21. The predicted molar refractivity (Wildman–Crippen MR) is 84.0 cm³/mol. The van der Waals surface area contributed by atoms with E-state index in [2.05, 4.69) is 62.2 Å². The molecule has 1 aliphatic heterocycles. The van der Waals surface area contributed by atoms with Crippen LogP contribution in [-0.4, -0.2) is 43.3 Å². The van der Waals surface area contributed by atoms with Gasteiger partial charge in [-0.3, -0.25) is 4.90 Å². The van der Waals surface area contributed by atoms with Gasteiger partial charge < -0.3 is 10.1 Å². The molecule has 0 aliphatic carbocycles. The summed E-state index contributed by atoms with van der Waals surface area (Å²) in [4.78, 5) is 2.49. The Morgan fingerprint density at radius 3 is 2.75 bits per heavy atom. The second-order valence-corrected chi connectivity index (χ2v) is 6.07. The first-order valence-electron chi connectivity index (χ1n) is 7.72. The van der Waals surface area contributed by atoms with Crippen LogP contribution in [0.5, 0.6) is 0 Å². The highest BCUT2D eigenvalue weighted by Crippen LogP contribution is 2.17. The van der Waals surface area contributed by atoms with Gasteiger partial charge in [0.05, 0.1) is 12.7 Å². The molecule has 1 fully saturated rings. The smallest absolute Gasteiger partial charge is 0.0827 e. The third-order valence-electron chi connectivity index (χ3n) is 4.21. The maximum absolute atomic E-state index is 5.87. The molecule has 3 heteroatoms. The average Bonchev–Trinajstić information content (AvgIpc) is 2.45. The third kappa shape index (κ3) is 4.05. The Morgan fingerprint density at radius 2 is 2.05 bits per heavy atom. The summed E-state index contributed by atoms with van der Waals surface area (Å²) in [6.45, 7) is 12.8. The van der Waals surface area contributed by atoms with Gasteiger partial charge in [0.1, 0.15) is 0 Å². The van der Waals surface area contributed by atoms with E-state index < -0.39 is 0 Å². The maximum Gasteiger partial charge on any atom is 0.0827 e. The van der Waals surface area contributed by atoms with Crippen LogP contribution in [0, 0.1) is 6.92 Å². The molecule has 1 aromatic rings. The van der Waals surface area contributed by atoms with Gasteiger partial charge in [-0.05, 0) is 38.8 Å². The minimum absolute atomic E-state index is 0.303. The standard InChI is InChI=1S/C17H28N2O/c1-13(2)19-9-10-20-16(12-19)11-18-15(4)17-8-6-5-7-14(17)3/h5-8,13,15-16,18H,9-12H2,1-4H3/t15-,16?/m0/s1. The monoisotopic (exact) mass is 276 g/mol. The van der Waals surface area contributed by atoms with Crippen molar-refractivity contribution in [2.24, 2.45) is 0 Å². The first-order valence-corrected chi connectivity index (χ1v) is 7.72. The van der Waals surface area contributed by atoms with Crippen LogP contribution in [0.15, 0.2) is 24.3 Å². The Morgan fingerprint density at radius 1 is 1.30 bits per heavy atom. The number of hydrogen-bond acceptors (Lipinski definition) is 3. The Bertz CT molecular complexity index is 419. The molecule has 0 amide bonds. The maximum atomic E-state index is 5.87. The van der Waals surface area contributed by atoms with Crippen molar-refractivity contribution in [1.82, 2.24) is 10.2 Å². The fraction of sp³-hybridized carbons (Fsp3) is 0.647. The van der Waals surface area contributed by atoms with Crippen molar-refractivity contribution >= 4 is 0 Å². The SMILES string of the molecule is Cc1ccccc1[C@H](C)NCC1CN(C(C)C)CCO1. The molecule has 0 bridgehead atoms. The molecule has 0 saturated carbocycles. The number of rotatable bonds is 5. The first-order chi connectivity index (χ1) is 9.58. The van der Waals surface area contributed by atoms with Gasteiger partial charge in [-0.15, -0.1) is 0 Å². The van der Waals surface area contributed by atoms with Crippen molar-refractivity contribution < 1.29 is 4.74 Å². The lowest BCUT2D eigenvalue weighted by molar-refractivity contribution is -0.0380. The average molecular weight is 276 g/mol. The molecule has 0 aromatic heterocycles. The van der Waals surface area contributed by atoms with E-state index in [1.165, 1.54) is 11.1 Å². The largest absolute Gasteiger partial charge is 0.374 e. The zero-order valence-corrected chi connectivity index (χ0v) is 13.2. The van der Waals surface area contributed by atoms with E-state index in [1.54, 1.807) is 0 Å². The summed E-state index contributed by atoms with van der Waals surface area (Å²) in [5, 5.41) is 3.62. The van der Waals surface area contributed by atoms with Crippen molar-refractivity contribution in [2.75, 3.05) is 26.2 Å². The number of benzene rings is 1. The summed E-state index contributed by atoms with van der Waals surface area (Å²) in [5.41, 5.74) is 2.73. The van der Waals surface area contributed by atoms with Gasteiger partial charge in [0, 0.05) is 31.7 Å². The summed E-state index contributed by atoms with van der Waals surface area (Å²) >= 11 is 0. The molecule has 112 valence electrons. The normalized spacial score (nSPS) is 22.1. The van der Waals surface area contributed by atoms with Crippen molar-refractivity contribution in [3.8, 4) is 0 Å². The van der Waals surface area contributed by atoms with Crippen LogP contribution in [0.25, 0.3) is 0 Å². The number of ether oxygens (including phenoxy) is 1. The molecule has 1 unspecified atom stereocenters. The molecule has 20 heavy (non-hydrogen) atoms. The van der Waals surface area contributed by atoms with Crippen LogP contribution in [0.4, 0.5) is 0 Å². The zero-order chi connectivity index (χ0) is 14.5. The highest BCUT2D eigenvalue weighted by Gasteiger charge is 2.22. The fourth-order valence-corrected chi connectivity index (χ4v) is 2.83. The van der Waals surface area contributed by atoms with Crippen LogP contribution in [-0.2, 0) is 4.74 Å². The summed E-state index contributed by atoms with van der Waals surface area (Å²) in [7, 11) is 0. The molecule has 2 rings (SSSR count). The van der Waals surface area contributed by atoms with Crippen molar-refractivity contribution in [3.05, 3.63) is 35.4 Å². The molecule has 0 spiro atoms. The fourth-order valence-electron chi connectivity index (χ4n) is 2.83. The van der Waals surface area contributed by atoms with E-state index in [0.717, 1.165) is 26.2 Å². The van der Waals surface area contributed by atoms with E-state index in [9.17, 15) is 0 Å². The highest BCUT2D eigenvalue weighted by molar-refractivity contribution is 5.28. The van der Waals surface area contributed by atoms with Gasteiger partial charge in [0.15, 0.2) is 0 Å². The molecule has 1 aromatic carbocycles. The molecule has 2 atom stereocenters. The van der Waals surface area contributed by atoms with Gasteiger partial charge in [-0.1, -0.05) is 24.3 Å². The van der Waals surface area contributed by atoms with E-state index in [4.69, 9.17) is 4.74 Å². The van der Waals surface area contributed by atoms with Crippen LogP contribution in [0.3, 0.4) is 0 Å². The summed E-state index contributed by atoms with van der Waals surface area (Å²) in [5.74, 6) is 0. The number of aryl methyl sites for hydroxylation is 1. The number of nitrogens with one attached hydrogen (secondary N) is 1.